The van der Waals surface area contributed by atoms with Gasteiger partial charge in [-0.05, 0) is 27.7 Å². The molecule has 0 radical (unpaired) electrons. The van der Waals surface area contributed by atoms with E-state index >= 15 is 0 Å². The van der Waals surface area contributed by atoms with Gasteiger partial charge in [0.1, 0.15) is 29.8 Å². The smallest absolute Gasteiger partial charge is 0.316 e. The van der Waals surface area contributed by atoms with E-state index in [0.717, 1.165) is 0 Å². The van der Waals surface area contributed by atoms with Crippen LogP contribution in [0.3, 0.4) is 0 Å². The molecule has 0 saturated heterocycles. The van der Waals surface area contributed by atoms with E-state index in [1.54, 1.807) is 0 Å². The van der Waals surface area contributed by atoms with Crippen molar-refractivity contribution in [3.63, 3.8) is 0 Å². The molecule has 0 aliphatic rings. The molecule has 0 aromatic heterocycles. The number of rotatable bonds is 11. The second kappa shape index (κ2) is 9.23. The lowest BCUT2D eigenvalue weighted by atomic mass is 9.87. The van der Waals surface area contributed by atoms with Crippen molar-refractivity contribution >= 4 is 17.7 Å². The number of aliphatic hydroxyl groups excluding tert-OH is 4. The van der Waals surface area contributed by atoms with E-state index in [1.807, 2.05) is 0 Å². The van der Waals surface area contributed by atoms with Crippen LogP contribution in [0, 0.1) is 16.2 Å². The highest BCUT2D eigenvalue weighted by Crippen LogP contribution is 2.25. The molecule has 0 bridgehead atoms. The molecule has 0 saturated carbocycles. The lowest BCUT2D eigenvalue weighted by Crippen LogP contribution is -2.44. The first kappa shape index (κ1) is 23.4. The average Bonchev–Trinajstić information content (AvgIpc) is 2.62. The predicted octanol–water partition coefficient (Wildman–Crippen LogP) is -1.35. The standard InChI is InChI=1S/C16H28O9/c1-11(21)16(4,9-24-12(22)14(2,5-17)6-18)10-25-13(23)15(3,7-19)8-20/h17-20H,5-10H2,1-4H3. The van der Waals surface area contributed by atoms with Crippen LogP contribution >= 0.6 is 0 Å². The van der Waals surface area contributed by atoms with Crippen LogP contribution in [0.15, 0.2) is 0 Å². The molecule has 0 aliphatic heterocycles. The molecule has 0 atom stereocenters. The van der Waals surface area contributed by atoms with E-state index in [1.165, 1.54) is 27.7 Å². The summed E-state index contributed by atoms with van der Waals surface area (Å²) in [7, 11) is 0. The molecule has 0 aliphatic carbocycles. The zero-order valence-electron chi connectivity index (χ0n) is 15.1. The third kappa shape index (κ3) is 5.74. The van der Waals surface area contributed by atoms with Crippen molar-refractivity contribution in [1.82, 2.24) is 0 Å². The molecule has 0 amide bonds. The van der Waals surface area contributed by atoms with Crippen LogP contribution in [0.5, 0.6) is 0 Å². The molecule has 9 heteroatoms. The van der Waals surface area contributed by atoms with Gasteiger partial charge in [-0.25, -0.2) is 0 Å². The summed E-state index contributed by atoms with van der Waals surface area (Å²) in [6.07, 6.45) is 0. The number of ketones is 1. The highest BCUT2D eigenvalue weighted by atomic mass is 16.6. The highest BCUT2D eigenvalue weighted by Gasteiger charge is 2.40. The normalized spacial score (nSPS) is 12.6. The third-order valence-corrected chi connectivity index (χ3v) is 4.28. The molecule has 9 nitrogen and oxygen atoms in total. The quantitative estimate of drug-likeness (QED) is 0.326. The molecule has 0 spiro atoms. The minimum atomic E-state index is -1.51. The monoisotopic (exact) mass is 364 g/mol. The van der Waals surface area contributed by atoms with Crippen molar-refractivity contribution in [2.24, 2.45) is 16.2 Å². The average molecular weight is 364 g/mol. The number of ether oxygens (including phenoxy) is 2. The van der Waals surface area contributed by atoms with Crippen molar-refractivity contribution in [3.8, 4) is 0 Å². The van der Waals surface area contributed by atoms with Gasteiger partial charge in [-0.3, -0.25) is 14.4 Å². The van der Waals surface area contributed by atoms with Gasteiger partial charge in [0.15, 0.2) is 0 Å². The molecule has 25 heavy (non-hydrogen) atoms. The van der Waals surface area contributed by atoms with E-state index in [9.17, 15) is 14.4 Å². The second-order valence-electron chi connectivity index (χ2n) is 7.02. The summed E-state index contributed by atoms with van der Waals surface area (Å²) in [5, 5.41) is 36.7. The van der Waals surface area contributed by atoms with Gasteiger partial charge >= 0.3 is 11.9 Å². The van der Waals surface area contributed by atoms with Crippen molar-refractivity contribution in [2.45, 2.75) is 27.7 Å². The number of hydrogen-bond donors (Lipinski definition) is 4. The zero-order valence-corrected chi connectivity index (χ0v) is 15.1. The Morgan fingerprint density at radius 1 is 0.680 bits per heavy atom. The Morgan fingerprint density at radius 3 is 1.16 bits per heavy atom. The second-order valence-corrected chi connectivity index (χ2v) is 7.02. The van der Waals surface area contributed by atoms with E-state index in [0.29, 0.717) is 0 Å². The maximum Gasteiger partial charge on any atom is 0.316 e. The van der Waals surface area contributed by atoms with Gasteiger partial charge in [-0.2, -0.15) is 0 Å². The molecule has 0 heterocycles. The first-order valence-corrected chi connectivity index (χ1v) is 7.73. The number of carbonyl (C=O) groups is 3. The number of aliphatic hydroxyl groups is 4. The van der Waals surface area contributed by atoms with Crippen LogP contribution in [-0.2, 0) is 23.9 Å². The summed E-state index contributed by atoms with van der Waals surface area (Å²) in [5.74, 6) is -2.21. The number of Topliss-reactive ketones (excluding diaryl/α,β-unsaturated/α-hetero) is 1. The Labute approximate surface area is 146 Å². The van der Waals surface area contributed by atoms with Gasteiger partial charge in [0, 0.05) is 0 Å². The Kier molecular flexibility index (Phi) is 8.66. The summed E-state index contributed by atoms with van der Waals surface area (Å²) in [5.41, 5.74) is -4.38. The van der Waals surface area contributed by atoms with Gasteiger partial charge in [-0.1, -0.05) is 0 Å². The minimum Gasteiger partial charge on any atom is -0.464 e. The Hall–Kier alpha value is -1.55. The Morgan fingerprint density at radius 2 is 0.960 bits per heavy atom. The molecular formula is C16H28O9. The van der Waals surface area contributed by atoms with Gasteiger partial charge in [0.25, 0.3) is 0 Å². The summed E-state index contributed by atoms with van der Waals surface area (Å²) >= 11 is 0. The lowest BCUT2D eigenvalue weighted by Gasteiger charge is -2.30. The van der Waals surface area contributed by atoms with Crippen molar-refractivity contribution in [1.29, 1.82) is 0 Å². The minimum absolute atomic E-state index is 0.419. The molecule has 0 aromatic rings. The van der Waals surface area contributed by atoms with E-state index < -0.39 is 73.6 Å². The summed E-state index contributed by atoms with van der Waals surface area (Å²) < 4.78 is 10.0. The fraction of sp³-hybridized carbons (Fsp3) is 0.812. The first-order chi connectivity index (χ1) is 11.4. The number of carbonyl (C=O) groups excluding carboxylic acids is 3. The maximum atomic E-state index is 12.0. The SMILES string of the molecule is CC(=O)C(C)(COC(=O)C(C)(CO)CO)COC(=O)C(C)(CO)CO. The van der Waals surface area contributed by atoms with Crippen molar-refractivity contribution < 1.29 is 44.3 Å². The maximum absolute atomic E-state index is 12.0. The lowest BCUT2D eigenvalue weighted by molar-refractivity contribution is -0.171. The molecule has 0 unspecified atom stereocenters. The summed E-state index contributed by atoms with van der Waals surface area (Å²) in [6.45, 7) is 1.83. The topological polar surface area (TPSA) is 151 Å². The van der Waals surface area contributed by atoms with Crippen LogP contribution in [0.2, 0.25) is 0 Å². The molecule has 4 N–H and O–H groups in total. The molecule has 0 rings (SSSR count). The Bertz CT molecular complexity index is 444. The zero-order chi connectivity index (χ0) is 19.9. The summed E-state index contributed by atoms with van der Waals surface area (Å²) in [4.78, 5) is 35.8. The van der Waals surface area contributed by atoms with Crippen molar-refractivity contribution in [3.05, 3.63) is 0 Å². The van der Waals surface area contributed by atoms with Crippen LogP contribution in [0.25, 0.3) is 0 Å². The Balaban J connectivity index is 5.01. The molecule has 0 aromatic carbocycles. The van der Waals surface area contributed by atoms with Crippen LogP contribution in [-0.4, -0.2) is 77.8 Å². The largest absolute Gasteiger partial charge is 0.464 e. The van der Waals surface area contributed by atoms with E-state index in [4.69, 9.17) is 29.9 Å². The molecule has 146 valence electrons. The van der Waals surface area contributed by atoms with Crippen LogP contribution < -0.4 is 0 Å². The van der Waals surface area contributed by atoms with Gasteiger partial charge < -0.3 is 29.9 Å². The fourth-order valence-corrected chi connectivity index (χ4v) is 1.40. The number of esters is 2. The van der Waals surface area contributed by atoms with Crippen LogP contribution in [0.4, 0.5) is 0 Å². The highest BCUT2D eigenvalue weighted by molar-refractivity contribution is 5.84. The molecule has 0 fully saturated rings. The van der Waals surface area contributed by atoms with E-state index in [2.05, 4.69) is 0 Å². The third-order valence-electron chi connectivity index (χ3n) is 4.28. The van der Waals surface area contributed by atoms with Gasteiger partial charge in [0.2, 0.25) is 0 Å². The van der Waals surface area contributed by atoms with Gasteiger partial charge in [0.05, 0.1) is 31.8 Å². The summed E-state index contributed by atoms with van der Waals surface area (Å²) in [6, 6.07) is 0. The fourth-order valence-electron chi connectivity index (χ4n) is 1.40. The first-order valence-electron chi connectivity index (χ1n) is 7.73. The van der Waals surface area contributed by atoms with Crippen LogP contribution in [0.1, 0.15) is 27.7 Å². The number of hydrogen-bond acceptors (Lipinski definition) is 9. The van der Waals surface area contributed by atoms with E-state index in [-0.39, 0.29) is 0 Å². The predicted molar refractivity (Wildman–Crippen MR) is 85.3 cm³/mol. The molecular weight excluding hydrogens is 336 g/mol. The van der Waals surface area contributed by atoms with Gasteiger partial charge in [-0.15, -0.1) is 0 Å². The van der Waals surface area contributed by atoms with Crippen molar-refractivity contribution in [2.75, 3.05) is 39.6 Å².